The fourth-order valence-electron chi connectivity index (χ4n) is 2.44. The van der Waals surface area contributed by atoms with Crippen LogP contribution in [0.25, 0.3) is 0 Å². The molecule has 152 valence electrons. The zero-order chi connectivity index (χ0) is 21.0. The average molecular weight is 438 g/mol. The number of anilines is 1. The van der Waals surface area contributed by atoms with Gasteiger partial charge >= 0.3 is 0 Å². The van der Waals surface area contributed by atoms with E-state index in [9.17, 15) is 12.8 Å². The van der Waals surface area contributed by atoms with E-state index in [0.29, 0.717) is 22.2 Å². The second-order valence-electron chi connectivity index (χ2n) is 5.96. The van der Waals surface area contributed by atoms with Crippen LogP contribution in [0.2, 0.25) is 5.02 Å². The van der Waals surface area contributed by atoms with Gasteiger partial charge in [0, 0.05) is 38.1 Å². The summed E-state index contributed by atoms with van der Waals surface area (Å²) >= 11 is 5.82. The maximum absolute atomic E-state index is 14.8. The third-order valence-electron chi connectivity index (χ3n) is 4.04. The van der Waals surface area contributed by atoms with Crippen molar-refractivity contribution in [3.05, 3.63) is 70.5 Å². The van der Waals surface area contributed by atoms with Gasteiger partial charge in [0.2, 0.25) is 5.88 Å². The number of rotatable bonds is 7. The van der Waals surface area contributed by atoms with Crippen LogP contribution < -0.4 is 14.2 Å². The summed E-state index contributed by atoms with van der Waals surface area (Å²) in [6.07, 6.45) is 6.07. The van der Waals surface area contributed by atoms with Crippen LogP contribution in [0, 0.1) is 12.7 Å². The van der Waals surface area contributed by atoms with Gasteiger partial charge in [0.25, 0.3) is 10.2 Å². The topological polar surface area (TPSA) is 106 Å². The van der Waals surface area contributed by atoms with Crippen LogP contribution in [-0.2, 0) is 16.6 Å². The fourth-order valence-corrected chi connectivity index (χ4v) is 3.05. The van der Waals surface area contributed by atoms with Crippen LogP contribution >= 0.6 is 11.6 Å². The maximum Gasteiger partial charge on any atom is 0.300 e. The Balaban J connectivity index is 1.86. The van der Waals surface area contributed by atoms with Crippen LogP contribution in [-0.4, -0.2) is 30.4 Å². The Morgan fingerprint density at radius 1 is 1.14 bits per heavy atom. The summed E-state index contributed by atoms with van der Waals surface area (Å²) in [6.45, 7) is 1.81. The molecule has 0 bridgehead atoms. The van der Waals surface area contributed by atoms with Gasteiger partial charge in [0.05, 0.1) is 11.2 Å². The van der Waals surface area contributed by atoms with Gasteiger partial charge in [-0.3, -0.25) is 9.71 Å². The van der Waals surface area contributed by atoms with Crippen LogP contribution in [0.1, 0.15) is 16.7 Å². The second-order valence-corrected chi connectivity index (χ2v) is 8.01. The molecule has 0 atom stereocenters. The number of nitrogens with one attached hydrogen (secondary N) is 2. The normalized spacial score (nSPS) is 11.3. The van der Waals surface area contributed by atoms with Crippen molar-refractivity contribution in [2.75, 3.05) is 11.8 Å². The number of nitrogens with zero attached hydrogens (tertiary/aromatic N) is 3. The highest BCUT2D eigenvalue weighted by Gasteiger charge is 2.17. The Morgan fingerprint density at radius 3 is 2.62 bits per heavy atom. The van der Waals surface area contributed by atoms with Crippen molar-refractivity contribution < 1.29 is 17.5 Å². The van der Waals surface area contributed by atoms with Crippen LogP contribution in [0.3, 0.4) is 0 Å². The van der Waals surface area contributed by atoms with E-state index in [4.69, 9.17) is 16.3 Å². The van der Waals surface area contributed by atoms with E-state index in [1.165, 1.54) is 31.7 Å². The number of pyridine rings is 3. The molecule has 0 amide bonds. The van der Waals surface area contributed by atoms with Crippen molar-refractivity contribution in [2.24, 2.45) is 0 Å². The van der Waals surface area contributed by atoms with Crippen molar-refractivity contribution in [1.82, 2.24) is 19.7 Å². The summed E-state index contributed by atoms with van der Waals surface area (Å²) in [4.78, 5) is 12.0. The minimum Gasteiger partial charge on any atom is -0.437 e. The van der Waals surface area contributed by atoms with Gasteiger partial charge in [-0.15, -0.1) is 0 Å². The SMILES string of the molecule is CNS(=O)(=O)Nc1nccc(Cc2cncc(Oc3ccc(Cl)cn3)c2C)c1F. The van der Waals surface area contributed by atoms with E-state index in [2.05, 4.69) is 15.0 Å². The number of aromatic nitrogens is 3. The van der Waals surface area contributed by atoms with Gasteiger partial charge in [0.15, 0.2) is 17.4 Å². The van der Waals surface area contributed by atoms with Gasteiger partial charge in [-0.1, -0.05) is 11.6 Å². The van der Waals surface area contributed by atoms with E-state index >= 15 is 0 Å². The molecule has 11 heteroatoms. The molecule has 0 radical (unpaired) electrons. The molecule has 3 rings (SSSR count). The van der Waals surface area contributed by atoms with Gasteiger partial charge < -0.3 is 4.74 Å². The highest BCUT2D eigenvalue weighted by Crippen LogP contribution is 2.28. The molecule has 0 unspecified atom stereocenters. The monoisotopic (exact) mass is 437 g/mol. The number of halogens is 2. The van der Waals surface area contributed by atoms with Crippen molar-refractivity contribution in [3.8, 4) is 11.6 Å². The Hall–Kier alpha value is -2.82. The molecule has 0 saturated carbocycles. The molecule has 0 aliphatic carbocycles. The molecule has 0 spiro atoms. The van der Waals surface area contributed by atoms with Crippen molar-refractivity contribution in [3.63, 3.8) is 0 Å². The van der Waals surface area contributed by atoms with Crippen LogP contribution in [0.15, 0.2) is 43.0 Å². The lowest BCUT2D eigenvalue weighted by Gasteiger charge is -2.13. The van der Waals surface area contributed by atoms with Gasteiger partial charge in [-0.25, -0.2) is 19.1 Å². The molecule has 0 aliphatic heterocycles. The smallest absolute Gasteiger partial charge is 0.300 e. The Labute approximate surface area is 172 Å². The molecule has 2 N–H and O–H groups in total. The predicted molar refractivity (Wildman–Crippen MR) is 107 cm³/mol. The van der Waals surface area contributed by atoms with Crippen molar-refractivity contribution in [2.45, 2.75) is 13.3 Å². The first-order chi connectivity index (χ1) is 13.8. The molecule has 3 heterocycles. The minimum atomic E-state index is -3.89. The lowest BCUT2D eigenvalue weighted by Crippen LogP contribution is -2.27. The number of ether oxygens (including phenoxy) is 1. The summed E-state index contributed by atoms with van der Waals surface area (Å²) < 4.78 is 47.8. The predicted octanol–water partition coefficient (Wildman–Crippen LogP) is 3.23. The molecular weight excluding hydrogens is 421 g/mol. The quantitative estimate of drug-likeness (QED) is 0.587. The number of hydrogen-bond donors (Lipinski definition) is 2. The average Bonchev–Trinajstić information content (AvgIpc) is 2.69. The molecule has 0 saturated heterocycles. The third-order valence-corrected chi connectivity index (χ3v) is 5.26. The standard InChI is InChI=1S/C18H17ClFN5O3S/c1-11-13(8-22-10-15(11)28-16-4-3-14(19)9-24-16)7-12-5-6-23-18(17(12)20)25-29(26,27)21-2/h3-6,8-10,21H,7H2,1-2H3,(H,23,25). The first kappa shape index (κ1) is 20.9. The zero-order valence-electron chi connectivity index (χ0n) is 15.5. The van der Waals surface area contributed by atoms with Crippen LogP contribution in [0.4, 0.5) is 10.2 Å². The fraction of sp³-hybridized carbons (Fsp3) is 0.167. The van der Waals surface area contributed by atoms with Gasteiger partial charge in [-0.05, 0) is 35.7 Å². The highest BCUT2D eigenvalue weighted by molar-refractivity contribution is 7.90. The first-order valence-electron chi connectivity index (χ1n) is 8.36. The largest absolute Gasteiger partial charge is 0.437 e. The van der Waals surface area contributed by atoms with Gasteiger partial charge in [-0.2, -0.15) is 8.42 Å². The van der Waals surface area contributed by atoms with Crippen molar-refractivity contribution >= 4 is 27.6 Å². The number of hydrogen-bond acceptors (Lipinski definition) is 6. The first-order valence-corrected chi connectivity index (χ1v) is 10.2. The van der Waals surface area contributed by atoms with E-state index in [0.717, 1.165) is 5.56 Å². The van der Waals surface area contributed by atoms with E-state index in [-0.39, 0.29) is 17.8 Å². The van der Waals surface area contributed by atoms with E-state index in [1.807, 2.05) is 16.4 Å². The Kier molecular flexibility index (Phi) is 6.26. The molecule has 0 aromatic carbocycles. The third kappa shape index (κ3) is 5.17. The lowest BCUT2D eigenvalue weighted by molar-refractivity contribution is 0.456. The summed E-state index contributed by atoms with van der Waals surface area (Å²) in [6, 6.07) is 4.74. The molecule has 3 aromatic rings. The van der Waals surface area contributed by atoms with Crippen LogP contribution in [0.5, 0.6) is 11.6 Å². The van der Waals surface area contributed by atoms with Crippen molar-refractivity contribution in [1.29, 1.82) is 0 Å². The molecule has 8 nitrogen and oxygen atoms in total. The van der Waals surface area contributed by atoms with E-state index in [1.54, 1.807) is 18.3 Å². The summed E-state index contributed by atoms with van der Waals surface area (Å²) in [5.74, 6) is -0.352. The Bertz CT molecular complexity index is 1130. The molecule has 0 aliphatic rings. The molecular formula is C18H17ClFN5O3S. The highest BCUT2D eigenvalue weighted by atomic mass is 35.5. The zero-order valence-corrected chi connectivity index (χ0v) is 17.1. The minimum absolute atomic E-state index is 0.159. The lowest BCUT2D eigenvalue weighted by atomic mass is 10.0. The summed E-state index contributed by atoms with van der Waals surface area (Å²) in [7, 11) is -2.68. The molecule has 29 heavy (non-hydrogen) atoms. The molecule has 0 fully saturated rings. The molecule has 3 aromatic heterocycles. The van der Waals surface area contributed by atoms with Gasteiger partial charge in [0.1, 0.15) is 0 Å². The Morgan fingerprint density at radius 2 is 1.93 bits per heavy atom. The maximum atomic E-state index is 14.8. The summed E-state index contributed by atoms with van der Waals surface area (Å²) in [5.41, 5.74) is 1.69. The second kappa shape index (κ2) is 8.68. The van der Waals surface area contributed by atoms with E-state index < -0.39 is 16.0 Å². The summed E-state index contributed by atoms with van der Waals surface area (Å²) in [5, 5.41) is 0.485.